The fraction of sp³-hybridized carbons (Fsp3) is 0.0714. The molecule has 0 spiro atoms. The second kappa shape index (κ2) is 9.63. The molecule has 0 fully saturated rings. The van der Waals surface area contributed by atoms with Crippen molar-refractivity contribution in [3.8, 4) is 11.8 Å². The number of ether oxygens (including phenoxy) is 1. The van der Waals surface area contributed by atoms with E-state index in [4.69, 9.17) is 4.74 Å². The maximum Gasteiger partial charge on any atom is 0.266 e. The summed E-state index contributed by atoms with van der Waals surface area (Å²) in [4.78, 5) is 12.8. The van der Waals surface area contributed by atoms with Crippen molar-refractivity contribution in [1.29, 1.82) is 5.26 Å². The number of aryl methyl sites for hydroxylation is 1. The van der Waals surface area contributed by atoms with Crippen LogP contribution in [-0.4, -0.2) is 5.91 Å². The van der Waals surface area contributed by atoms with E-state index in [9.17, 15) is 10.1 Å². The molecule has 4 nitrogen and oxygen atoms in total. The quantitative estimate of drug-likeness (QED) is 0.296. The van der Waals surface area contributed by atoms with E-state index >= 15 is 0 Å². The first-order chi connectivity index (χ1) is 15.6. The summed E-state index contributed by atoms with van der Waals surface area (Å²) in [6.45, 7) is 2.33. The zero-order chi connectivity index (χ0) is 22.3. The molecular formula is C28H22N2O2. The molecule has 0 atom stereocenters. The maximum atomic E-state index is 12.8. The minimum Gasteiger partial charge on any atom is -0.488 e. The maximum absolute atomic E-state index is 12.8. The van der Waals surface area contributed by atoms with Gasteiger partial charge < -0.3 is 10.1 Å². The SMILES string of the molecule is Cc1cccc(NC(=O)/C(C#N)=C\c2c(OCc3ccccc3)ccc3ccccc23)c1. The van der Waals surface area contributed by atoms with Crippen molar-refractivity contribution < 1.29 is 9.53 Å². The summed E-state index contributed by atoms with van der Waals surface area (Å²) >= 11 is 0. The van der Waals surface area contributed by atoms with Crippen LogP contribution < -0.4 is 10.1 Å². The lowest BCUT2D eigenvalue weighted by Gasteiger charge is -2.13. The second-order valence-corrected chi connectivity index (χ2v) is 7.47. The normalized spacial score (nSPS) is 11.1. The van der Waals surface area contributed by atoms with Crippen LogP contribution in [0.5, 0.6) is 5.75 Å². The van der Waals surface area contributed by atoms with Crippen LogP contribution in [0.1, 0.15) is 16.7 Å². The largest absolute Gasteiger partial charge is 0.488 e. The van der Waals surface area contributed by atoms with E-state index in [1.165, 1.54) is 0 Å². The molecule has 32 heavy (non-hydrogen) atoms. The van der Waals surface area contributed by atoms with Gasteiger partial charge in [0, 0.05) is 11.3 Å². The molecule has 0 saturated carbocycles. The Morgan fingerprint density at radius 3 is 2.53 bits per heavy atom. The van der Waals surface area contributed by atoms with Gasteiger partial charge in [0.15, 0.2) is 0 Å². The van der Waals surface area contributed by atoms with Crippen LogP contribution in [0, 0.1) is 18.3 Å². The monoisotopic (exact) mass is 418 g/mol. The molecule has 0 bridgehead atoms. The Hall–Kier alpha value is -4.36. The molecule has 4 rings (SSSR count). The minimum atomic E-state index is -0.458. The van der Waals surface area contributed by atoms with E-state index in [1.54, 1.807) is 12.1 Å². The minimum absolute atomic E-state index is 0.00687. The zero-order valence-corrected chi connectivity index (χ0v) is 17.7. The number of hydrogen-bond acceptors (Lipinski definition) is 3. The lowest BCUT2D eigenvalue weighted by molar-refractivity contribution is -0.112. The molecule has 0 aliphatic heterocycles. The Kier molecular flexibility index (Phi) is 6.29. The number of nitriles is 1. The van der Waals surface area contributed by atoms with Crippen LogP contribution in [0.3, 0.4) is 0 Å². The number of nitrogens with one attached hydrogen (secondary N) is 1. The third kappa shape index (κ3) is 4.85. The van der Waals surface area contributed by atoms with Gasteiger partial charge in [-0.2, -0.15) is 5.26 Å². The van der Waals surface area contributed by atoms with Gasteiger partial charge in [0.05, 0.1) is 0 Å². The smallest absolute Gasteiger partial charge is 0.266 e. The Balaban J connectivity index is 1.70. The molecule has 4 heteroatoms. The third-order valence-electron chi connectivity index (χ3n) is 5.10. The number of fused-ring (bicyclic) bond motifs is 1. The summed E-state index contributed by atoms with van der Waals surface area (Å²) in [5.41, 5.74) is 3.42. The molecule has 4 aromatic rings. The molecule has 0 aliphatic rings. The number of amides is 1. The Bertz CT molecular complexity index is 1330. The van der Waals surface area contributed by atoms with Crippen LogP contribution in [-0.2, 0) is 11.4 Å². The summed E-state index contributed by atoms with van der Waals surface area (Å²) in [6.07, 6.45) is 1.60. The van der Waals surface area contributed by atoms with Gasteiger partial charge in [-0.15, -0.1) is 0 Å². The predicted molar refractivity (Wildman–Crippen MR) is 128 cm³/mol. The highest BCUT2D eigenvalue weighted by molar-refractivity contribution is 6.11. The molecule has 0 radical (unpaired) electrons. The van der Waals surface area contributed by atoms with Crippen LogP contribution >= 0.6 is 0 Å². The van der Waals surface area contributed by atoms with E-state index < -0.39 is 5.91 Å². The lowest BCUT2D eigenvalue weighted by Crippen LogP contribution is -2.13. The van der Waals surface area contributed by atoms with Crippen molar-refractivity contribution in [3.63, 3.8) is 0 Å². The van der Waals surface area contributed by atoms with Gasteiger partial charge in [-0.1, -0.05) is 72.8 Å². The summed E-state index contributed by atoms with van der Waals surface area (Å²) in [5.74, 6) is 0.156. The van der Waals surface area contributed by atoms with Crippen molar-refractivity contribution in [2.75, 3.05) is 5.32 Å². The van der Waals surface area contributed by atoms with Crippen LogP contribution in [0.15, 0.2) is 96.6 Å². The number of anilines is 1. The Labute approximate surface area is 187 Å². The highest BCUT2D eigenvalue weighted by Crippen LogP contribution is 2.31. The average molecular weight is 418 g/mol. The third-order valence-corrected chi connectivity index (χ3v) is 5.10. The first-order valence-electron chi connectivity index (χ1n) is 10.3. The number of carbonyl (C=O) groups excluding carboxylic acids is 1. The highest BCUT2D eigenvalue weighted by atomic mass is 16.5. The average Bonchev–Trinajstić information content (AvgIpc) is 2.82. The predicted octanol–water partition coefficient (Wildman–Crippen LogP) is 6.27. The number of benzene rings is 4. The van der Waals surface area contributed by atoms with E-state index in [0.29, 0.717) is 23.6 Å². The molecule has 1 amide bonds. The Morgan fingerprint density at radius 2 is 1.75 bits per heavy atom. The fourth-order valence-corrected chi connectivity index (χ4v) is 3.50. The molecule has 0 unspecified atom stereocenters. The number of hydrogen-bond donors (Lipinski definition) is 1. The topological polar surface area (TPSA) is 62.1 Å². The summed E-state index contributed by atoms with van der Waals surface area (Å²) in [7, 11) is 0. The summed E-state index contributed by atoms with van der Waals surface area (Å²) in [5, 5.41) is 14.5. The number of carbonyl (C=O) groups is 1. The van der Waals surface area contributed by atoms with Crippen molar-refractivity contribution in [1.82, 2.24) is 0 Å². The van der Waals surface area contributed by atoms with Crippen molar-refractivity contribution in [3.05, 3.63) is 113 Å². The molecule has 0 saturated heterocycles. The van der Waals surface area contributed by atoms with Crippen molar-refractivity contribution in [2.45, 2.75) is 13.5 Å². The molecule has 156 valence electrons. The molecule has 4 aromatic carbocycles. The lowest BCUT2D eigenvalue weighted by atomic mass is 10.0. The van der Waals surface area contributed by atoms with Gasteiger partial charge in [-0.25, -0.2) is 0 Å². The van der Waals surface area contributed by atoms with Gasteiger partial charge in [0.2, 0.25) is 0 Å². The van der Waals surface area contributed by atoms with Crippen LogP contribution in [0.25, 0.3) is 16.8 Å². The van der Waals surface area contributed by atoms with Crippen molar-refractivity contribution >= 4 is 28.4 Å². The van der Waals surface area contributed by atoms with Gasteiger partial charge in [-0.05, 0) is 53.1 Å². The number of rotatable bonds is 6. The van der Waals surface area contributed by atoms with E-state index in [-0.39, 0.29) is 5.57 Å². The number of nitrogens with zero attached hydrogens (tertiary/aromatic N) is 1. The molecular weight excluding hydrogens is 396 g/mol. The zero-order valence-electron chi connectivity index (χ0n) is 17.7. The molecule has 0 aliphatic carbocycles. The van der Waals surface area contributed by atoms with Crippen molar-refractivity contribution in [2.24, 2.45) is 0 Å². The van der Waals surface area contributed by atoms with Gasteiger partial charge in [-0.3, -0.25) is 4.79 Å². The molecule has 1 N–H and O–H groups in total. The van der Waals surface area contributed by atoms with Gasteiger partial charge in [0.25, 0.3) is 5.91 Å². The standard InChI is InChI=1S/C28H22N2O2/c1-20-8-7-12-24(16-20)30-28(31)23(18-29)17-26-25-13-6-5-11-22(25)14-15-27(26)32-19-21-9-3-2-4-10-21/h2-17H,19H2,1H3,(H,30,31)/b23-17-. The summed E-state index contributed by atoms with van der Waals surface area (Å²) in [6, 6.07) is 31.1. The first-order valence-corrected chi connectivity index (χ1v) is 10.3. The fourth-order valence-electron chi connectivity index (χ4n) is 3.50. The first kappa shape index (κ1) is 20.9. The second-order valence-electron chi connectivity index (χ2n) is 7.47. The molecule has 0 aromatic heterocycles. The van der Waals surface area contributed by atoms with Gasteiger partial charge in [0.1, 0.15) is 24.0 Å². The van der Waals surface area contributed by atoms with E-state index in [1.807, 2.05) is 97.9 Å². The van der Waals surface area contributed by atoms with Crippen LogP contribution in [0.4, 0.5) is 5.69 Å². The van der Waals surface area contributed by atoms with Gasteiger partial charge >= 0.3 is 0 Å². The van der Waals surface area contributed by atoms with Crippen LogP contribution in [0.2, 0.25) is 0 Å². The van der Waals surface area contributed by atoms with E-state index in [2.05, 4.69) is 5.32 Å². The summed E-state index contributed by atoms with van der Waals surface area (Å²) < 4.78 is 6.10. The molecule has 0 heterocycles. The highest BCUT2D eigenvalue weighted by Gasteiger charge is 2.14. The van der Waals surface area contributed by atoms with E-state index in [0.717, 1.165) is 21.9 Å². The Morgan fingerprint density at radius 1 is 0.969 bits per heavy atom.